The van der Waals surface area contributed by atoms with E-state index >= 15 is 0 Å². The normalized spacial score (nSPS) is 12.5. The Hall–Kier alpha value is -2.50. The molecule has 2 aromatic rings. The average Bonchev–Trinajstić information content (AvgIpc) is 2.69. The van der Waals surface area contributed by atoms with Gasteiger partial charge in [-0.3, -0.25) is 9.59 Å². The molecule has 0 saturated carbocycles. The van der Waals surface area contributed by atoms with E-state index in [1.54, 1.807) is 18.2 Å². The summed E-state index contributed by atoms with van der Waals surface area (Å²) in [6.07, 6.45) is 2.54. The average molecular weight is 419 g/mol. The summed E-state index contributed by atoms with van der Waals surface area (Å²) in [5.74, 6) is 0.182. The van der Waals surface area contributed by atoms with E-state index in [4.69, 9.17) is 27.9 Å². The molecule has 0 aliphatic carbocycles. The molecule has 0 aromatic heterocycles. The van der Waals surface area contributed by atoms with E-state index in [-0.39, 0.29) is 25.0 Å². The molecule has 0 atom stereocenters. The minimum absolute atomic E-state index is 0.0888. The summed E-state index contributed by atoms with van der Waals surface area (Å²) < 4.78 is 5.67. The lowest BCUT2D eigenvalue weighted by Crippen LogP contribution is -2.40. The van der Waals surface area contributed by atoms with Gasteiger partial charge in [-0.15, -0.1) is 0 Å². The van der Waals surface area contributed by atoms with Crippen LogP contribution in [-0.4, -0.2) is 36.4 Å². The molecule has 2 aromatic carbocycles. The molecule has 0 unspecified atom stereocenters. The third kappa shape index (κ3) is 4.86. The van der Waals surface area contributed by atoms with Crippen LogP contribution >= 0.6 is 23.2 Å². The van der Waals surface area contributed by atoms with Crippen molar-refractivity contribution in [2.24, 2.45) is 0 Å². The molecule has 0 bridgehead atoms. The van der Waals surface area contributed by atoms with Crippen molar-refractivity contribution in [2.75, 3.05) is 25.0 Å². The number of anilines is 1. The smallest absolute Gasteiger partial charge is 0.253 e. The highest BCUT2D eigenvalue weighted by molar-refractivity contribution is 6.35. The summed E-state index contributed by atoms with van der Waals surface area (Å²) in [7, 11) is 0. The highest BCUT2D eigenvalue weighted by atomic mass is 35.5. The Bertz CT molecular complexity index is 928. The van der Waals surface area contributed by atoms with Crippen molar-refractivity contribution in [2.45, 2.75) is 13.3 Å². The van der Waals surface area contributed by atoms with Gasteiger partial charge in [-0.25, -0.2) is 0 Å². The fourth-order valence-corrected chi connectivity index (χ4v) is 3.26. The molecule has 146 valence electrons. The second-order valence-corrected chi connectivity index (χ2v) is 7.24. The van der Waals surface area contributed by atoms with Gasteiger partial charge in [-0.2, -0.15) is 0 Å². The Morgan fingerprint density at radius 1 is 1.18 bits per heavy atom. The van der Waals surface area contributed by atoms with Crippen LogP contribution in [0.3, 0.4) is 0 Å². The van der Waals surface area contributed by atoms with Crippen LogP contribution in [0.1, 0.15) is 18.9 Å². The highest BCUT2D eigenvalue weighted by Gasteiger charge is 2.23. The Morgan fingerprint density at radius 3 is 2.75 bits per heavy atom. The van der Waals surface area contributed by atoms with Crippen LogP contribution in [0.2, 0.25) is 10.0 Å². The van der Waals surface area contributed by atoms with Gasteiger partial charge in [0, 0.05) is 17.1 Å². The van der Waals surface area contributed by atoms with Crippen molar-refractivity contribution in [1.29, 1.82) is 0 Å². The fourth-order valence-electron chi connectivity index (χ4n) is 2.92. The number of para-hydroxylation sites is 1. The number of amides is 2. The first-order valence-corrected chi connectivity index (χ1v) is 9.70. The summed E-state index contributed by atoms with van der Waals surface area (Å²) in [6.45, 7) is 2.49. The van der Waals surface area contributed by atoms with Crippen LogP contribution in [0.25, 0.3) is 6.08 Å². The number of hydrogen-bond acceptors (Lipinski definition) is 3. The minimum Gasteiger partial charge on any atom is -0.488 e. The number of nitrogens with zero attached hydrogens (tertiary/aromatic N) is 1. The number of fused-ring (bicyclic) bond motifs is 1. The molecule has 0 radical (unpaired) electrons. The van der Waals surface area contributed by atoms with Gasteiger partial charge < -0.3 is 15.0 Å². The maximum atomic E-state index is 13.0. The summed E-state index contributed by atoms with van der Waals surface area (Å²) in [5, 5.41) is 3.56. The zero-order valence-corrected chi connectivity index (χ0v) is 16.9. The standard InChI is InChI=1S/C21H20Cl2N2O3/c1-2-9-25(12-20(26)24-18-11-16(22)7-8-17(18)23)21(27)15-10-14-5-3-4-6-19(14)28-13-15/h3-8,10-11H,2,9,12-13H2,1H3,(H,24,26). The molecule has 5 nitrogen and oxygen atoms in total. The Labute approximate surface area is 173 Å². The second kappa shape index (κ2) is 9.13. The molecule has 28 heavy (non-hydrogen) atoms. The number of nitrogens with one attached hydrogen (secondary N) is 1. The highest BCUT2D eigenvalue weighted by Crippen LogP contribution is 2.27. The first kappa shape index (κ1) is 20.2. The minimum atomic E-state index is -0.344. The van der Waals surface area contributed by atoms with Crippen LogP contribution in [0.5, 0.6) is 5.75 Å². The third-order valence-corrected chi connectivity index (χ3v) is 4.79. The lowest BCUT2D eigenvalue weighted by Gasteiger charge is -2.25. The predicted molar refractivity (Wildman–Crippen MR) is 112 cm³/mol. The Morgan fingerprint density at radius 2 is 1.96 bits per heavy atom. The van der Waals surface area contributed by atoms with Gasteiger partial charge in [0.2, 0.25) is 5.91 Å². The van der Waals surface area contributed by atoms with Gasteiger partial charge in [0.25, 0.3) is 5.91 Å². The van der Waals surface area contributed by atoms with Crippen molar-refractivity contribution in [3.05, 3.63) is 63.6 Å². The number of benzene rings is 2. The van der Waals surface area contributed by atoms with Gasteiger partial charge in [0.1, 0.15) is 18.9 Å². The lowest BCUT2D eigenvalue weighted by atomic mass is 10.1. The second-order valence-electron chi connectivity index (χ2n) is 6.40. The molecule has 1 heterocycles. The van der Waals surface area contributed by atoms with Crippen LogP contribution in [0.15, 0.2) is 48.0 Å². The monoisotopic (exact) mass is 418 g/mol. The molecule has 0 saturated heterocycles. The molecule has 1 N–H and O–H groups in total. The SMILES string of the molecule is CCCN(CC(=O)Nc1cc(Cl)ccc1Cl)C(=O)C1=Cc2ccccc2OC1. The van der Waals surface area contributed by atoms with Gasteiger partial charge in [0.05, 0.1) is 16.3 Å². The summed E-state index contributed by atoms with van der Waals surface area (Å²) in [6, 6.07) is 12.3. The van der Waals surface area contributed by atoms with Crippen LogP contribution in [0.4, 0.5) is 5.69 Å². The van der Waals surface area contributed by atoms with Gasteiger partial charge in [0.15, 0.2) is 0 Å². The van der Waals surface area contributed by atoms with Crippen molar-refractivity contribution >= 4 is 46.8 Å². The molecular weight excluding hydrogens is 399 g/mol. The van der Waals surface area contributed by atoms with E-state index in [2.05, 4.69) is 5.32 Å². The van der Waals surface area contributed by atoms with Crippen molar-refractivity contribution in [1.82, 2.24) is 4.90 Å². The predicted octanol–water partition coefficient (Wildman–Crippen LogP) is 4.65. The first-order valence-electron chi connectivity index (χ1n) is 8.94. The molecule has 1 aliphatic heterocycles. The Balaban J connectivity index is 1.72. The number of hydrogen-bond donors (Lipinski definition) is 1. The number of rotatable bonds is 6. The molecule has 0 fully saturated rings. The summed E-state index contributed by atoms with van der Waals surface area (Å²) >= 11 is 12.0. The van der Waals surface area contributed by atoms with Crippen molar-refractivity contribution in [3.63, 3.8) is 0 Å². The summed E-state index contributed by atoms with van der Waals surface area (Å²) in [4.78, 5) is 27.0. The zero-order valence-electron chi connectivity index (χ0n) is 15.4. The number of halogens is 2. The Kier molecular flexibility index (Phi) is 6.60. The van der Waals surface area contributed by atoms with Crippen LogP contribution in [-0.2, 0) is 9.59 Å². The fraction of sp³-hybridized carbons (Fsp3) is 0.238. The van der Waals surface area contributed by atoms with E-state index in [0.717, 1.165) is 17.7 Å². The zero-order chi connectivity index (χ0) is 20.1. The quantitative estimate of drug-likeness (QED) is 0.742. The maximum absolute atomic E-state index is 13.0. The van der Waals surface area contributed by atoms with E-state index in [0.29, 0.717) is 27.9 Å². The molecule has 1 aliphatic rings. The van der Waals surface area contributed by atoms with Crippen LogP contribution in [0, 0.1) is 0 Å². The summed E-state index contributed by atoms with van der Waals surface area (Å²) in [5.41, 5.74) is 1.78. The van der Waals surface area contributed by atoms with E-state index in [9.17, 15) is 9.59 Å². The number of carbonyl (C=O) groups excluding carboxylic acids is 2. The van der Waals surface area contributed by atoms with E-state index < -0.39 is 0 Å². The molecule has 2 amide bonds. The third-order valence-electron chi connectivity index (χ3n) is 4.22. The maximum Gasteiger partial charge on any atom is 0.253 e. The van der Waals surface area contributed by atoms with Gasteiger partial charge in [-0.1, -0.05) is 48.3 Å². The molecular formula is C21H20Cl2N2O3. The van der Waals surface area contributed by atoms with E-state index in [1.807, 2.05) is 37.3 Å². The largest absolute Gasteiger partial charge is 0.488 e. The molecule has 3 rings (SSSR count). The first-order chi connectivity index (χ1) is 13.5. The topological polar surface area (TPSA) is 58.6 Å². The lowest BCUT2D eigenvalue weighted by molar-refractivity contribution is -0.131. The van der Waals surface area contributed by atoms with Crippen LogP contribution < -0.4 is 10.1 Å². The van der Waals surface area contributed by atoms with Crippen molar-refractivity contribution < 1.29 is 14.3 Å². The molecule has 0 spiro atoms. The number of carbonyl (C=O) groups is 2. The van der Waals surface area contributed by atoms with E-state index in [1.165, 1.54) is 4.90 Å². The van der Waals surface area contributed by atoms with Crippen molar-refractivity contribution in [3.8, 4) is 5.75 Å². The van der Waals surface area contributed by atoms with Gasteiger partial charge in [-0.05, 0) is 36.8 Å². The molecule has 7 heteroatoms. The van der Waals surface area contributed by atoms with Gasteiger partial charge >= 0.3 is 0 Å². The number of ether oxygens (including phenoxy) is 1.